The Morgan fingerprint density at radius 1 is 1.03 bits per heavy atom. The minimum Gasteiger partial charge on any atom is -0.382 e. The van der Waals surface area contributed by atoms with Crippen LogP contribution in [0.3, 0.4) is 0 Å². The van der Waals surface area contributed by atoms with Crippen LogP contribution in [-0.2, 0) is 26.3 Å². The summed E-state index contributed by atoms with van der Waals surface area (Å²) in [5.74, 6) is -1.74. The van der Waals surface area contributed by atoms with E-state index in [9.17, 15) is 18.0 Å². The third-order valence-electron chi connectivity index (χ3n) is 6.61. The van der Waals surface area contributed by atoms with Gasteiger partial charge in [0.25, 0.3) is 10.2 Å². The van der Waals surface area contributed by atoms with E-state index in [1.54, 1.807) is 12.1 Å². The molecule has 12 heteroatoms. The number of nitrogens with one attached hydrogen (secondary N) is 3. The molecule has 11 nitrogen and oxygen atoms in total. The van der Waals surface area contributed by atoms with Crippen LogP contribution in [0.4, 0.5) is 0 Å². The van der Waals surface area contributed by atoms with Gasteiger partial charge in [-0.1, -0.05) is 66.7 Å². The predicted molar refractivity (Wildman–Crippen MR) is 147 cm³/mol. The van der Waals surface area contributed by atoms with Gasteiger partial charge in [-0.05, 0) is 35.6 Å². The van der Waals surface area contributed by atoms with Crippen LogP contribution in [-0.4, -0.2) is 54.6 Å². The summed E-state index contributed by atoms with van der Waals surface area (Å²) in [4.78, 5) is 32.7. The second kappa shape index (κ2) is 12.2. The fraction of sp³-hybridized carbons (Fsp3) is 0.259. The number of carbonyl (C=O) groups excluding carboxylic acids is 2. The Balaban J connectivity index is 1.59. The van der Waals surface area contributed by atoms with Gasteiger partial charge < -0.3 is 16.0 Å². The first kappa shape index (κ1) is 27.9. The maximum atomic E-state index is 14.0. The van der Waals surface area contributed by atoms with Crippen molar-refractivity contribution in [3.05, 3.63) is 101 Å². The number of amidine groups is 1. The number of hydrogen-bond acceptors (Lipinski definition) is 6. The molecule has 1 fully saturated rings. The molecule has 4 rings (SSSR count). The van der Waals surface area contributed by atoms with Crippen LogP contribution in [0.25, 0.3) is 0 Å². The summed E-state index contributed by atoms with van der Waals surface area (Å²) in [6.07, 6.45) is 2.54. The molecular weight excluding hydrogens is 518 g/mol. The van der Waals surface area contributed by atoms with E-state index in [2.05, 4.69) is 15.0 Å². The normalized spacial score (nSPS) is 16.2. The zero-order valence-electron chi connectivity index (χ0n) is 21.2. The van der Waals surface area contributed by atoms with Crippen LogP contribution in [0.1, 0.15) is 41.1 Å². The second-order valence-corrected chi connectivity index (χ2v) is 10.6. The highest BCUT2D eigenvalue weighted by molar-refractivity contribution is 7.87. The quantitative estimate of drug-likeness (QED) is 0.185. The maximum Gasteiger partial charge on any atom is 0.275 e. The standard InChI is InChI=1S/C27H31N7O4S/c28-25(29)21-14-13-18(16-31-21)17-32-26(35)22-12-7-15-34(22)27(36)24(33-39(30,37)38)23(19-8-3-1-4-9-19)20-10-5-2-6-11-20/h1-6,8-11,13-14,16,22-24,33H,7,12,15,17H2,(H3,28,29)(H,32,35)(H2,30,37,38)/t22-,24?/m0/s1. The number of carbonyl (C=O) groups is 2. The molecule has 204 valence electrons. The van der Waals surface area contributed by atoms with Crippen molar-refractivity contribution in [3.63, 3.8) is 0 Å². The van der Waals surface area contributed by atoms with Gasteiger partial charge in [0.1, 0.15) is 23.6 Å². The fourth-order valence-corrected chi connectivity index (χ4v) is 5.40. The van der Waals surface area contributed by atoms with Gasteiger partial charge in [-0.15, -0.1) is 0 Å². The molecule has 1 aliphatic heterocycles. The summed E-state index contributed by atoms with van der Waals surface area (Å²) in [6.45, 7) is 0.461. The molecule has 3 aromatic rings. The van der Waals surface area contributed by atoms with Gasteiger partial charge in [-0.3, -0.25) is 20.0 Å². The first-order valence-electron chi connectivity index (χ1n) is 12.4. The van der Waals surface area contributed by atoms with Crippen LogP contribution in [0.15, 0.2) is 79.0 Å². The number of rotatable bonds is 10. The average molecular weight is 550 g/mol. The molecule has 1 aromatic heterocycles. The number of pyridine rings is 1. The summed E-state index contributed by atoms with van der Waals surface area (Å²) in [7, 11) is -4.28. The third kappa shape index (κ3) is 7.05. The van der Waals surface area contributed by atoms with Crippen LogP contribution in [0, 0.1) is 5.41 Å². The van der Waals surface area contributed by atoms with Gasteiger partial charge in [0, 0.05) is 25.2 Å². The van der Waals surface area contributed by atoms with E-state index >= 15 is 0 Å². The molecule has 7 N–H and O–H groups in total. The summed E-state index contributed by atoms with van der Waals surface area (Å²) < 4.78 is 26.9. The van der Waals surface area contributed by atoms with Crippen LogP contribution >= 0.6 is 0 Å². The molecular formula is C27H31N7O4S. The van der Waals surface area contributed by atoms with Gasteiger partial charge in [0.15, 0.2) is 0 Å². The van der Waals surface area contributed by atoms with Gasteiger partial charge in [-0.2, -0.15) is 13.1 Å². The lowest BCUT2D eigenvalue weighted by Crippen LogP contribution is -2.56. The monoisotopic (exact) mass is 549 g/mol. The molecule has 0 aliphatic carbocycles. The van der Waals surface area contributed by atoms with Crippen molar-refractivity contribution in [2.45, 2.75) is 37.4 Å². The van der Waals surface area contributed by atoms with E-state index in [1.807, 2.05) is 60.7 Å². The Morgan fingerprint density at radius 2 is 1.64 bits per heavy atom. The van der Waals surface area contributed by atoms with Gasteiger partial charge in [0.05, 0.1) is 0 Å². The highest BCUT2D eigenvalue weighted by Crippen LogP contribution is 2.31. The minimum atomic E-state index is -4.28. The number of benzene rings is 2. The molecule has 2 atom stereocenters. The van der Waals surface area contributed by atoms with Crippen molar-refractivity contribution in [3.8, 4) is 0 Å². The van der Waals surface area contributed by atoms with E-state index in [-0.39, 0.29) is 18.3 Å². The molecule has 2 aromatic carbocycles. The summed E-state index contributed by atoms with van der Waals surface area (Å²) in [5, 5.41) is 15.7. The Hall–Kier alpha value is -4.13. The predicted octanol–water partition coefficient (Wildman–Crippen LogP) is 0.967. The van der Waals surface area contributed by atoms with Crippen LogP contribution in [0.2, 0.25) is 0 Å². The average Bonchev–Trinajstić information content (AvgIpc) is 3.42. The lowest BCUT2D eigenvalue weighted by atomic mass is 9.84. The van der Waals surface area contributed by atoms with Crippen molar-refractivity contribution in [1.82, 2.24) is 19.9 Å². The molecule has 0 bridgehead atoms. The van der Waals surface area contributed by atoms with Crippen molar-refractivity contribution in [2.75, 3.05) is 6.54 Å². The Bertz CT molecular complexity index is 1380. The SMILES string of the molecule is N=C(N)c1ccc(CNC(=O)[C@@H]2CCCN2C(=O)C(NS(N)(=O)=O)C(c2ccccc2)c2ccccc2)cn1. The number of hydrogen-bond donors (Lipinski definition) is 5. The summed E-state index contributed by atoms with van der Waals surface area (Å²) >= 11 is 0. The Morgan fingerprint density at radius 3 is 2.15 bits per heavy atom. The lowest BCUT2D eigenvalue weighted by Gasteiger charge is -2.33. The van der Waals surface area contributed by atoms with Gasteiger partial charge in [0.2, 0.25) is 11.8 Å². The largest absolute Gasteiger partial charge is 0.382 e. The third-order valence-corrected chi connectivity index (χ3v) is 7.20. The van der Waals surface area contributed by atoms with E-state index in [4.69, 9.17) is 16.3 Å². The number of aromatic nitrogens is 1. The van der Waals surface area contributed by atoms with Gasteiger partial charge in [-0.25, -0.2) is 5.14 Å². The Labute approximate surface area is 227 Å². The molecule has 0 spiro atoms. The van der Waals surface area contributed by atoms with Crippen molar-refractivity contribution in [1.29, 1.82) is 5.41 Å². The highest BCUT2D eigenvalue weighted by Gasteiger charge is 2.41. The molecule has 1 saturated heterocycles. The maximum absolute atomic E-state index is 14.0. The summed E-state index contributed by atoms with van der Waals surface area (Å²) in [6, 6.07) is 19.4. The van der Waals surface area contributed by atoms with Crippen LogP contribution < -0.4 is 20.9 Å². The number of likely N-dealkylation sites (tertiary alicyclic amines) is 1. The van der Waals surface area contributed by atoms with E-state index in [0.29, 0.717) is 30.6 Å². The molecule has 39 heavy (non-hydrogen) atoms. The first-order valence-corrected chi connectivity index (χ1v) is 14.0. The van der Waals surface area contributed by atoms with Gasteiger partial charge >= 0.3 is 0 Å². The van der Waals surface area contributed by atoms with Crippen molar-refractivity contribution in [2.24, 2.45) is 10.9 Å². The highest BCUT2D eigenvalue weighted by atomic mass is 32.2. The molecule has 1 aliphatic rings. The fourth-order valence-electron chi connectivity index (χ4n) is 4.81. The summed E-state index contributed by atoms with van der Waals surface area (Å²) in [5.41, 5.74) is 7.91. The van der Waals surface area contributed by atoms with E-state index < -0.39 is 34.1 Å². The molecule has 0 saturated carbocycles. The number of nitrogens with two attached hydrogens (primary N) is 2. The second-order valence-electron chi connectivity index (χ2n) is 9.31. The minimum absolute atomic E-state index is 0.155. The zero-order valence-corrected chi connectivity index (χ0v) is 22.0. The molecule has 2 amide bonds. The lowest BCUT2D eigenvalue weighted by molar-refractivity contribution is -0.140. The smallest absolute Gasteiger partial charge is 0.275 e. The Kier molecular flexibility index (Phi) is 8.69. The molecule has 0 radical (unpaired) electrons. The molecule has 2 heterocycles. The van der Waals surface area contributed by atoms with E-state index in [0.717, 1.165) is 11.1 Å². The number of nitrogens with zero attached hydrogens (tertiary/aromatic N) is 2. The number of nitrogen functional groups attached to an aromatic ring is 1. The van der Waals surface area contributed by atoms with Crippen molar-refractivity contribution >= 4 is 27.9 Å². The topological polar surface area (TPSA) is 184 Å². The van der Waals surface area contributed by atoms with E-state index in [1.165, 1.54) is 11.1 Å². The molecule has 1 unspecified atom stereocenters. The first-order chi connectivity index (χ1) is 18.6. The zero-order chi connectivity index (χ0) is 28.0. The number of amides is 2. The van der Waals surface area contributed by atoms with Crippen molar-refractivity contribution < 1.29 is 18.0 Å². The van der Waals surface area contributed by atoms with Crippen LogP contribution in [0.5, 0.6) is 0 Å².